The predicted octanol–water partition coefficient (Wildman–Crippen LogP) is 2.70. The van der Waals surface area contributed by atoms with Crippen LogP contribution < -0.4 is 0 Å². The Morgan fingerprint density at radius 2 is 1.62 bits per heavy atom. The van der Waals surface area contributed by atoms with Gasteiger partial charge in [-0.2, -0.15) is 8.78 Å². The lowest BCUT2D eigenvalue weighted by atomic mass is 9.86. The second-order valence-corrected chi connectivity index (χ2v) is 3.47. The Bertz CT molecular complexity index is 152. The summed E-state index contributed by atoms with van der Waals surface area (Å²) in [5, 5.41) is 0. The molecule has 1 aliphatic carbocycles. The van der Waals surface area contributed by atoms with E-state index in [0.29, 0.717) is 0 Å². The summed E-state index contributed by atoms with van der Waals surface area (Å²) in [5.74, 6) is -0.109. The number of hydrogen-bond donors (Lipinski definition) is 0. The van der Waals surface area contributed by atoms with E-state index >= 15 is 0 Å². The van der Waals surface area contributed by atoms with Crippen molar-refractivity contribution in [1.29, 1.82) is 0 Å². The molecule has 0 aromatic carbocycles. The van der Waals surface area contributed by atoms with Crippen molar-refractivity contribution in [3.63, 3.8) is 0 Å². The van der Waals surface area contributed by atoms with E-state index in [4.69, 9.17) is 0 Å². The van der Waals surface area contributed by atoms with Crippen LogP contribution in [0.4, 0.5) is 17.6 Å². The summed E-state index contributed by atoms with van der Waals surface area (Å²) in [6, 6.07) is 0. The molecule has 2 unspecified atom stereocenters. The Morgan fingerprint density at radius 1 is 1.15 bits per heavy atom. The summed E-state index contributed by atoms with van der Waals surface area (Å²) in [5.41, 5.74) is 0. The second-order valence-electron chi connectivity index (χ2n) is 3.47. The van der Waals surface area contributed by atoms with E-state index in [2.05, 4.69) is 4.74 Å². The fourth-order valence-corrected chi connectivity index (χ4v) is 1.65. The molecule has 1 aliphatic rings. The van der Waals surface area contributed by atoms with Crippen molar-refractivity contribution in [2.45, 2.75) is 44.8 Å². The second kappa shape index (κ2) is 4.26. The van der Waals surface area contributed by atoms with Crippen LogP contribution in [0.3, 0.4) is 0 Å². The normalized spacial score (nSPS) is 41.1. The van der Waals surface area contributed by atoms with Gasteiger partial charge in [0.25, 0.3) is 0 Å². The largest absolute Gasteiger partial charge is 0.345 e. The van der Waals surface area contributed by atoms with Crippen LogP contribution in [0, 0.1) is 5.92 Å². The minimum Gasteiger partial charge on any atom is -0.313 e. The lowest BCUT2D eigenvalue weighted by Crippen LogP contribution is -2.42. The number of alkyl halides is 4. The van der Waals surface area contributed by atoms with Crippen molar-refractivity contribution in [2.75, 3.05) is 0 Å². The van der Waals surface area contributed by atoms with Gasteiger partial charge in [0, 0.05) is 0 Å². The molecule has 1 nitrogen and oxygen atoms in total. The van der Waals surface area contributed by atoms with Gasteiger partial charge in [-0.25, -0.2) is 8.78 Å². The highest BCUT2D eigenvalue weighted by molar-refractivity contribution is 4.86. The van der Waals surface area contributed by atoms with Crippen molar-refractivity contribution < 1.29 is 22.3 Å². The molecule has 13 heavy (non-hydrogen) atoms. The Labute approximate surface area is 74.1 Å². The van der Waals surface area contributed by atoms with E-state index in [1.165, 1.54) is 0 Å². The van der Waals surface area contributed by atoms with Crippen LogP contribution >= 0.6 is 0 Å². The molecule has 0 saturated heterocycles. The molecule has 0 radical (unpaired) electrons. The molecule has 1 rings (SSSR count). The summed E-state index contributed by atoms with van der Waals surface area (Å²) < 4.78 is 53.3. The third kappa shape index (κ3) is 2.83. The molecule has 0 aromatic rings. The van der Waals surface area contributed by atoms with Crippen molar-refractivity contribution in [3.8, 4) is 0 Å². The third-order valence-electron chi connectivity index (χ3n) is 2.23. The lowest BCUT2D eigenvalue weighted by Gasteiger charge is -2.32. The maximum Gasteiger partial charge on any atom is 0.345 e. The van der Waals surface area contributed by atoms with Crippen LogP contribution in [0.2, 0.25) is 0 Å². The van der Waals surface area contributed by atoms with Crippen LogP contribution in [-0.4, -0.2) is 25.1 Å². The lowest BCUT2D eigenvalue weighted by molar-refractivity contribution is -0.205. The van der Waals surface area contributed by atoms with Gasteiger partial charge in [-0.3, -0.25) is 0 Å². The first-order chi connectivity index (χ1) is 6.00. The van der Waals surface area contributed by atoms with Gasteiger partial charge in [-0.05, 0) is 18.8 Å². The SMILES string of the molecule is CC1CC(F)C(OC(F)F)C(F)C1. The highest BCUT2D eigenvalue weighted by Crippen LogP contribution is 2.31. The van der Waals surface area contributed by atoms with E-state index in [0.717, 1.165) is 0 Å². The minimum atomic E-state index is -3.10. The van der Waals surface area contributed by atoms with Crippen molar-refractivity contribution >= 4 is 0 Å². The molecule has 2 atom stereocenters. The van der Waals surface area contributed by atoms with Crippen molar-refractivity contribution in [2.24, 2.45) is 5.92 Å². The van der Waals surface area contributed by atoms with Gasteiger partial charge in [-0.15, -0.1) is 0 Å². The highest BCUT2D eigenvalue weighted by Gasteiger charge is 2.39. The number of rotatable bonds is 2. The third-order valence-corrected chi connectivity index (χ3v) is 2.23. The topological polar surface area (TPSA) is 9.23 Å². The van der Waals surface area contributed by atoms with Gasteiger partial charge < -0.3 is 4.74 Å². The summed E-state index contributed by atoms with van der Waals surface area (Å²) in [6.07, 6.45) is -4.63. The van der Waals surface area contributed by atoms with Gasteiger partial charge >= 0.3 is 6.61 Å². The fraction of sp³-hybridized carbons (Fsp3) is 1.00. The number of hydrogen-bond acceptors (Lipinski definition) is 1. The summed E-state index contributed by atoms with van der Waals surface area (Å²) >= 11 is 0. The molecule has 78 valence electrons. The smallest absolute Gasteiger partial charge is 0.313 e. The van der Waals surface area contributed by atoms with Crippen LogP contribution in [0.5, 0.6) is 0 Å². The zero-order valence-corrected chi connectivity index (χ0v) is 7.22. The van der Waals surface area contributed by atoms with Gasteiger partial charge in [0.05, 0.1) is 0 Å². The first-order valence-corrected chi connectivity index (χ1v) is 4.22. The van der Waals surface area contributed by atoms with E-state index < -0.39 is 25.1 Å². The average molecular weight is 200 g/mol. The molecular formula is C8H12F4O. The molecule has 0 bridgehead atoms. The minimum absolute atomic E-state index is 0.0950. The summed E-state index contributed by atoms with van der Waals surface area (Å²) in [4.78, 5) is 0. The van der Waals surface area contributed by atoms with Crippen molar-refractivity contribution in [1.82, 2.24) is 0 Å². The molecule has 0 spiro atoms. The Balaban J connectivity index is 2.51. The first-order valence-electron chi connectivity index (χ1n) is 4.22. The van der Waals surface area contributed by atoms with Gasteiger partial charge in [0.2, 0.25) is 0 Å². The van der Waals surface area contributed by atoms with Crippen LogP contribution in [0.1, 0.15) is 19.8 Å². The maximum absolute atomic E-state index is 13.0. The maximum atomic E-state index is 13.0. The molecule has 1 saturated carbocycles. The zero-order valence-electron chi connectivity index (χ0n) is 7.22. The van der Waals surface area contributed by atoms with Gasteiger partial charge in [0.15, 0.2) is 0 Å². The average Bonchev–Trinajstić information content (AvgIpc) is 1.96. The standard InChI is InChI=1S/C8H12F4O/c1-4-2-5(9)7(6(10)3-4)13-8(11)12/h4-8H,2-3H2,1H3. The molecule has 0 amide bonds. The zero-order chi connectivity index (χ0) is 10.0. The highest BCUT2D eigenvalue weighted by atomic mass is 19.3. The van der Waals surface area contributed by atoms with E-state index in [1.807, 2.05) is 0 Å². The monoisotopic (exact) mass is 200 g/mol. The van der Waals surface area contributed by atoms with E-state index in [-0.39, 0.29) is 18.8 Å². The van der Waals surface area contributed by atoms with Crippen LogP contribution in [0.15, 0.2) is 0 Å². The molecule has 0 aliphatic heterocycles. The summed E-state index contributed by atoms with van der Waals surface area (Å²) in [7, 11) is 0. The Kier molecular flexibility index (Phi) is 3.53. The van der Waals surface area contributed by atoms with Crippen molar-refractivity contribution in [3.05, 3.63) is 0 Å². The van der Waals surface area contributed by atoms with E-state index in [1.54, 1.807) is 6.92 Å². The van der Waals surface area contributed by atoms with Gasteiger partial charge in [0.1, 0.15) is 18.4 Å². The molecule has 1 fully saturated rings. The number of halogens is 4. The molecule has 0 aromatic heterocycles. The summed E-state index contributed by atoms with van der Waals surface area (Å²) in [6.45, 7) is -1.41. The first kappa shape index (κ1) is 10.8. The fourth-order valence-electron chi connectivity index (χ4n) is 1.65. The van der Waals surface area contributed by atoms with Crippen LogP contribution in [0.25, 0.3) is 0 Å². The predicted molar refractivity (Wildman–Crippen MR) is 39.1 cm³/mol. The molecular weight excluding hydrogens is 188 g/mol. The van der Waals surface area contributed by atoms with E-state index in [9.17, 15) is 17.6 Å². The molecule has 5 heteroatoms. The molecule has 0 heterocycles. The van der Waals surface area contributed by atoms with Gasteiger partial charge in [-0.1, -0.05) is 6.92 Å². The quantitative estimate of drug-likeness (QED) is 0.623. The number of ether oxygens (including phenoxy) is 1. The Hall–Kier alpha value is -0.320. The molecule has 0 N–H and O–H groups in total. The van der Waals surface area contributed by atoms with Crippen LogP contribution in [-0.2, 0) is 4.74 Å². The Morgan fingerprint density at radius 3 is 2.00 bits per heavy atom.